The van der Waals surface area contributed by atoms with Gasteiger partial charge in [-0.2, -0.15) is 0 Å². The van der Waals surface area contributed by atoms with E-state index >= 15 is 0 Å². The number of benzene rings is 7. The molecule has 57 heavy (non-hydrogen) atoms. The number of thiophene rings is 1. The van der Waals surface area contributed by atoms with Crippen LogP contribution in [-0.4, -0.2) is 6.54 Å². The van der Waals surface area contributed by atoms with Crippen LogP contribution in [0.5, 0.6) is 0 Å². The lowest BCUT2D eigenvalue weighted by Crippen LogP contribution is -2.18. The second-order valence-corrected chi connectivity index (χ2v) is 16.0. The summed E-state index contributed by atoms with van der Waals surface area (Å²) in [6, 6.07) is 52.7. The first kappa shape index (κ1) is 33.6. The zero-order valence-corrected chi connectivity index (χ0v) is 32.5. The molecule has 11 rings (SSSR count). The number of anilines is 2. The molecule has 0 radical (unpaired) electrons. The zero-order valence-electron chi connectivity index (χ0n) is 31.7. The van der Waals surface area contributed by atoms with E-state index in [2.05, 4.69) is 200 Å². The molecule has 0 bridgehead atoms. The first-order valence-corrected chi connectivity index (χ1v) is 20.7. The number of para-hydroxylation sites is 2. The summed E-state index contributed by atoms with van der Waals surface area (Å²) in [7, 11) is 0. The van der Waals surface area contributed by atoms with Crippen molar-refractivity contribution in [2.45, 2.75) is 19.3 Å². The second-order valence-electron chi connectivity index (χ2n) is 15.0. The molecule has 2 nitrogen and oxygen atoms in total. The Morgan fingerprint density at radius 3 is 2.33 bits per heavy atom. The smallest absolute Gasteiger partial charge is 0.143 e. The SMILES string of the molecule is C/C=C(\C=C/CN(c1ccccc1-c1cccc2c1oc1c3ccccc3ccc21)c1cccc2c1sc1ccccc12)C1=C2C=Cc3ccccc3C2CC=C1. The lowest BCUT2D eigenvalue weighted by molar-refractivity contribution is 0.674. The predicted octanol–water partition coefficient (Wildman–Crippen LogP) is 15.5. The van der Waals surface area contributed by atoms with Gasteiger partial charge in [0.1, 0.15) is 11.2 Å². The normalized spacial score (nSPS) is 15.5. The monoisotopic (exact) mass is 749 g/mol. The molecular weight excluding hydrogens is 711 g/mol. The van der Waals surface area contributed by atoms with Crippen LogP contribution in [0.2, 0.25) is 0 Å². The minimum atomic E-state index is 0.377. The predicted molar refractivity (Wildman–Crippen MR) is 245 cm³/mol. The van der Waals surface area contributed by atoms with E-state index in [1.807, 2.05) is 11.3 Å². The van der Waals surface area contributed by atoms with Crippen molar-refractivity contribution in [1.29, 1.82) is 0 Å². The number of fused-ring (bicyclic) bond motifs is 11. The van der Waals surface area contributed by atoms with Gasteiger partial charge in [-0.15, -0.1) is 11.3 Å². The molecule has 0 amide bonds. The summed E-state index contributed by atoms with van der Waals surface area (Å²) in [5.41, 5.74) is 13.1. The molecule has 0 saturated carbocycles. The van der Waals surface area contributed by atoms with Crippen molar-refractivity contribution in [1.82, 2.24) is 0 Å². The van der Waals surface area contributed by atoms with Crippen LogP contribution >= 0.6 is 11.3 Å². The fraction of sp³-hybridized carbons (Fsp3) is 0.0741. The van der Waals surface area contributed by atoms with Crippen LogP contribution in [0.3, 0.4) is 0 Å². The second kappa shape index (κ2) is 13.8. The largest absolute Gasteiger partial charge is 0.455 e. The third kappa shape index (κ3) is 5.53. The minimum Gasteiger partial charge on any atom is -0.455 e. The molecule has 0 spiro atoms. The summed E-state index contributed by atoms with van der Waals surface area (Å²) in [6.07, 6.45) is 17.3. The Balaban J connectivity index is 1.06. The number of hydrogen-bond acceptors (Lipinski definition) is 3. The highest BCUT2D eigenvalue weighted by Crippen LogP contribution is 2.47. The van der Waals surface area contributed by atoms with E-state index in [1.54, 1.807) is 0 Å². The maximum absolute atomic E-state index is 6.91. The van der Waals surface area contributed by atoms with Gasteiger partial charge in [0, 0.05) is 60.9 Å². The van der Waals surface area contributed by atoms with Gasteiger partial charge in [-0.1, -0.05) is 164 Å². The fourth-order valence-corrected chi connectivity index (χ4v) is 10.5. The van der Waals surface area contributed by atoms with E-state index in [0.717, 1.165) is 50.6 Å². The molecular formula is C54H39NOS. The summed E-state index contributed by atoms with van der Waals surface area (Å²) in [5, 5.41) is 7.17. The van der Waals surface area contributed by atoms with E-state index in [9.17, 15) is 0 Å². The molecule has 2 aliphatic carbocycles. The summed E-state index contributed by atoms with van der Waals surface area (Å²) in [5.74, 6) is 0.377. The number of hydrogen-bond donors (Lipinski definition) is 0. The van der Waals surface area contributed by atoms with E-state index in [0.29, 0.717) is 12.5 Å². The van der Waals surface area contributed by atoms with Crippen molar-refractivity contribution >= 4 is 81.7 Å². The molecule has 7 aromatic carbocycles. The van der Waals surface area contributed by atoms with Crippen LogP contribution in [0.1, 0.15) is 30.4 Å². The third-order valence-electron chi connectivity index (χ3n) is 11.9. The van der Waals surface area contributed by atoms with Crippen molar-refractivity contribution in [2.24, 2.45) is 0 Å². The van der Waals surface area contributed by atoms with Gasteiger partial charge in [0.2, 0.25) is 0 Å². The molecule has 2 aromatic heterocycles. The van der Waals surface area contributed by atoms with Gasteiger partial charge in [0.25, 0.3) is 0 Å². The molecule has 1 atom stereocenters. The van der Waals surface area contributed by atoms with Gasteiger partial charge in [0.15, 0.2) is 0 Å². The van der Waals surface area contributed by atoms with Crippen molar-refractivity contribution in [3.63, 3.8) is 0 Å². The zero-order chi connectivity index (χ0) is 37.9. The highest BCUT2D eigenvalue weighted by molar-refractivity contribution is 7.26. The Morgan fingerprint density at radius 1 is 0.649 bits per heavy atom. The van der Waals surface area contributed by atoms with Gasteiger partial charge in [-0.05, 0) is 70.8 Å². The van der Waals surface area contributed by atoms with Gasteiger partial charge < -0.3 is 9.32 Å². The lowest BCUT2D eigenvalue weighted by Gasteiger charge is -2.29. The molecule has 0 fully saturated rings. The average molecular weight is 750 g/mol. The Labute approximate surface area is 336 Å². The Bertz CT molecular complexity index is 3220. The fourth-order valence-electron chi connectivity index (χ4n) is 9.23. The van der Waals surface area contributed by atoms with Crippen molar-refractivity contribution in [3.8, 4) is 11.1 Å². The lowest BCUT2D eigenvalue weighted by atomic mass is 9.75. The first-order valence-electron chi connectivity index (χ1n) is 19.9. The Morgan fingerprint density at radius 2 is 1.39 bits per heavy atom. The Kier molecular flexibility index (Phi) is 8.15. The standard InChI is InChI=1S/C54H39NOS/c1-2-35(38-22-11-23-41-39-18-5-3-15-36(39)30-32-42(38)41)17-14-34-55(50-28-13-26-48-44-21-8-10-29-51(44)57-54(48)50)49-27-9-7-20-43(49)45-24-12-25-46-47-33-31-37-16-4-6-19-40(37)52(47)56-53(45)46/h2-22,24-33,41H,23,34H2,1H3/b17-14-,35-2+. The van der Waals surface area contributed by atoms with Crippen LogP contribution in [0.25, 0.3) is 70.1 Å². The Hall–Kier alpha value is -6.68. The molecule has 272 valence electrons. The quantitative estimate of drug-likeness (QED) is 0.151. The molecule has 3 heteroatoms. The molecule has 9 aromatic rings. The number of rotatable bonds is 7. The summed E-state index contributed by atoms with van der Waals surface area (Å²) in [4.78, 5) is 2.50. The minimum absolute atomic E-state index is 0.377. The first-order chi connectivity index (χ1) is 28.2. The molecule has 0 aliphatic heterocycles. The maximum atomic E-state index is 6.91. The maximum Gasteiger partial charge on any atom is 0.143 e. The molecule has 0 saturated heterocycles. The van der Waals surface area contributed by atoms with Crippen LogP contribution in [0.15, 0.2) is 203 Å². The van der Waals surface area contributed by atoms with Crippen LogP contribution in [0, 0.1) is 0 Å². The average Bonchev–Trinajstić information content (AvgIpc) is 3.86. The van der Waals surface area contributed by atoms with E-state index in [1.165, 1.54) is 59.1 Å². The highest BCUT2D eigenvalue weighted by Gasteiger charge is 2.26. The molecule has 2 heterocycles. The molecule has 2 aliphatic rings. The highest BCUT2D eigenvalue weighted by atomic mass is 32.1. The van der Waals surface area contributed by atoms with Crippen molar-refractivity contribution in [3.05, 3.63) is 210 Å². The summed E-state index contributed by atoms with van der Waals surface area (Å²) < 4.78 is 9.49. The van der Waals surface area contributed by atoms with Crippen molar-refractivity contribution in [2.75, 3.05) is 11.4 Å². The summed E-state index contributed by atoms with van der Waals surface area (Å²) >= 11 is 1.87. The van der Waals surface area contributed by atoms with Gasteiger partial charge >= 0.3 is 0 Å². The number of furan rings is 1. The number of nitrogens with zero attached hydrogens (tertiary/aromatic N) is 1. The van der Waals surface area contributed by atoms with Crippen molar-refractivity contribution < 1.29 is 4.42 Å². The van der Waals surface area contributed by atoms with Crippen LogP contribution in [-0.2, 0) is 0 Å². The van der Waals surface area contributed by atoms with Gasteiger partial charge in [-0.3, -0.25) is 0 Å². The number of allylic oxidation sites excluding steroid dienone is 8. The van der Waals surface area contributed by atoms with E-state index in [-0.39, 0.29) is 0 Å². The summed E-state index contributed by atoms with van der Waals surface area (Å²) in [6.45, 7) is 2.84. The molecule has 0 N–H and O–H groups in total. The molecule has 1 unspecified atom stereocenters. The topological polar surface area (TPSA) is 16.4 Å². The third-order valence-corrected chi connectivity index (χ3v) is 13.1. The van der Waals surface area contributed by atoms with Crippen LogP contribution < -0.4 is 4.90 Å². The van der Waals surface area contributed by atoms with E-state index in [4.69, 9.17) is 4.42 Å². The van der Waals surface area contributed by atoms with E-state index < -0.39 is 0 Å². The van der Waals surface area contributed by atoms with Gasteiger partial charge in [-0.25, -0.2) is 0 Å². The van der Waals surface area contributed by atoms with Gasteiger partial charge in [0.05, 0.1) is 10.4 Å². The van der Waals surface area contributed by atoms with Crippen LogP contribution in [0.4, 0.5) is 11.4 Å².